The first kappa shape index (κ1) is 11.9. The van der Waals surface area contributed by atoms with Crippen LogP contribution in [0.5, 0.6) is 0 Å². The number of rotatable bonds is 4. The Morgan fingerprint density at radius 1 is 1.22 bits per heavy atom. The smallest absolute Gasteiger partial charge is 0.176 e. The fraction of sp³-hybridized carbons (Fsp3) is 0.533. The van der Waals surface area contributed by atoms with E-state index in [0.29, 0.717) is 12.6 Å². The van der Waals surface area contributed by atoms with Crippen LogP contribution in [0.15, 0.2) is 30.3 Å². The molecule has 2 fully saturated rings. The second-order valence-corrected chi connectivity index (χ2v) is 5.27. The Balaban J connectivity index is 1.50. The van der Waals surface area contributed by atoms with Crippen molar-refractivity contribution < 1.29 is 9.53 Å². The highest BCUT2D eigenvalue weighted by Crippen LogP contribution is 2.29. The van der Waals surface area contributed by atoms with Crippen molar-refractivity contribution in [1.82, 2.24) is 4.90 Å². The Hall–Kier alpha value is -1.19. The lowest BCUT2D eigenvalue weighted by molar-refractivity contribution is 0.0885. The molecule has 3 rings (SSSR count). The lowest BCUT2D eigenvalue weighted by Crippen LogP contribution is -2.38. The molecule has 2 aliphatic rings. The number of ether oxygens (including phenoxy) is 1. The third-order valence-corrected chi connectivity index (χ3v) is 3.98. The average molecular weight is 245 g/mol. The molecule has 0 N–H and O–H groups in total. The predicted molar refractivity (Wildman–Crippen MR) is 69.7 cm³/mol. The molecular weight excluding hydrogens is 226 g/mol. The Morgan fingerprint density at radius 2 is 1.89 bits per heavy atom. The number of piperidine rings is 1. The van der Waals surface area contributed by atoms with Crippen molar-refractivity contribution >= 4 is 5.78 Å². The van der Waals surface area contributed by atoms with Crippen molar-refractivity contribution in [2.75, 3.05) is 26.2 Å². The molecule has 1 aromatic carbocycles. The van der Waals surface area contributed by atoms with E-state index in [1.54, 1.807) is 0 Å². The topological polar surface area (TPSA) is 32.8 Å². The minimum absolute atomic E-state index is 0.233. The van der Waals surface area contributed by atoms with Gasteiger partial charge in [-0.2, -0.15) is 0 Å². The van der Waals surface area contributed by atoms with Crippen LogP contribution in [0.1, 0.15) is 23.2 Å². The molecule has 0 saturated carbocycles. The SMILES string of the molecule is O=C(CN1CCC(C2CO2)CC1)c1ccccc1. The van der Waals surface area contributed by atoms with E-state index >= 15 is 0 Å². The van der Waals surface area contributed by atoms with Gasteiger partial charge in [0.1, 0.15) is 0 Å². The van der Waals surface area contributed by atoms with Gasteiger partial charge in [0, 0.05) is 5.56 Å². The van der Waals surface area contributed by atoms with E-state index in [9.17, 15) is 4.79 Å². The van der Waals surface area contributed by atoms with E-state index in [-0.39, 0.29) is 5.78 Å². The quantitative estimate of drug-likeness (QED) is 0.600. The summed E-state index contributed by atoms with van der Waals surface area (Å²) >= 11 is 0. The summed E-state index contributed by atoms with van der Waals surface area (Å²) in [6.07, 6.45) is 2.87. The van der Waals surface area contributed by atoms with Crippen molar-refractivity contribution in [3.63, 3.8) is 0 Å². The molecule has 0 spiro atoms. The lowest BCUT2D eigenvalue weighted by Gasteiger charge is -2.30. The molecule has 2 heterocycles. The molecule has 3 nitrogen and oxygen atoms in total. The second-order valence-electron chi connectivity index (χ2n) is 5.27. The van der Waals surface area contributed by atoms with Gasteiger partial charge in [-0.05, 0) is 31.8 Å². The van der Waals surface area contributed by atoms with Gasteiger partial charge in [0.15, 0.2) is 5.78 Å². The molecule has 0 bridgehead atoms. The summed E-state index contributed by atoms with van der Waals surface area (Å²) in [6, 6.07) is 9.58. The summed E-state index contributed by atoms with van der Waals surface area (Å²) < 4.78 is 5.35. The fourth-order valence-electron chi connectivity index (χ4n) is 2.73. The van der Waals surface area contributed by atoms with Crippen LogP contribution in [-0.4, -0.2) is 43.0 Å². The Morgan fingerprint density at radius 3 is 2.50 bits per heavy atom. The van der Waals surface area contributed by atoms with E-state index in [1.165, 1.54) is 12.8 Å². The number of Topliss-reactive ketones (excluding diaryl/α,β-unsaturated/α-hetero) is 1. The van der Waals surface area contributed by atoms with E-state index in [0.717, 1.165) is 31.2 Å². The van der Waals surface area contributed by atoms with Gasteiger partial charge >= 0.3 is 0 Å². The number of ketones is 1. The first-order valence-electron chi connectivity index (χ1n) is 6.75. The van der Waals surface area contributed by atoms with Crippen LogP contribution in [0.3, 0.4) is 0 Å². The summed E-state index contributed by atoms with van der Waals surface area (Å²) in [5, 5.41) is 0. The molecule has 1 aromatic rings. The van der Waals surface area contributed by atoms with Crippen molar-refractivity contribution in [3.05, 3.63) is 35.9 Å². The lowest BCUT2D eigenvalue weighted by atomic mass is 9.93. The van der Waals surface area contributed by atoms with Crippen molar-refractivity contribution in [2.45, 2.75) is 18.9 Å². The maximum atomic E-state index is 12.1. The van der Waals surface area contributed by atoms with Crippen LogP contribution < -0.4 is 0 Å². The van der Waals surface area contributed by atoms with Gasteiger partial charge in [-0.25, -0.2) is 0 Å². The Bertz CT molecular complexity index is 406. The van der Waals surface area contributed by atoms with Crippen molar-refractivity contribution in [1.29, 1.82) is 0 Å². The number of carbonyl (C=O) groups is 1. The zero-order valence-electron chi connectivity index (χ0n) is 10.5. The standard InChI is InChI=1S/C15H19NO2/c17-14(12-4-2-1-3-5-12)10-16-8-6-13(7-9-16)15-11-18-15/h1-5,13,15H,6-11H2. The summed E-state index contributed by atoms with van der Waals surface area (Å²) in [5.74, 6) is 0.963. The van der Waals surface area contributed by atoms with Gasteiger partial charge in [0.2, 0.25) is 0 Å². The van der Waals surface area contributed by atoms with Crippen molar-refractivity contribution in [2.24, 2.45) is 5.92 Å². The highest BCUT2D eigenvalue weighted by atomic mass is 16.6. The van der Waals surface area contributed by atoms with E-state index < -0.39 is 0 Å². The third kappa shape index (κ3) is 2.79. The van der Waals surface area contributed by atoms with Crippen molar-refractivity contribution in [3.8, 4) is 0 Å². The van der Waals surface area contributed by atoms with Crippen LogP contribution in [0.25, 0.3) is 0 Å². The molecule has 0 amide bonds. The zero-order chi connectivity index (χ0) is 12.4. The zero-order valence-corrected chi connectivity index (χ0v) is 10.5. The fourth-order valence-corrected chi connectivity index (χ4v) is 2.73. The number of nitrogens with zero attached hydrogens (tertiary/aromatic N) is 1. The number of carbonyl (C=O) groups excluding carboxylic acids is 1. The molecule has 96 valence electrons. The van der Waals surface area contributed by atoms with Crippen LogP contribution in [0, 0.1) is 5.92 Å². The highest BCUT2D eigenvalue weighted by Gasteiger charge is 2.35. The molecule has 18 heavy (non-hydrogen) atoms. The molecule has 0 radical (unpaired) electrons. The van der Waals surface area contributed by atoms with E-state index in [2.05, 4.69) is 4.90 Å². The Labute approximate surface area is 108 Å². The molecule has 3 heteroatoms. The first-order valence-corrected chi connectivity index (χ1v) is 6.75. The van der Waals surface area contributed by atoms with Crippen LogP contribution in [0.2, 0.25) is 0 Å². The first-order chi connectivity index (χ1) is 8.83. The largest absolute Gasteiger partial charge is 0.373 e. The number of likely N-dealkylation sites (tertiary alicyclic amines) is 1. The van der Waals surface area contributed by atoms with E-state index in [1.807, 2.05) is 30.3 Å². The second kappa shape index (κ2) is 5.21. The summed E-state index contributed by atoms with van der Waals surface area (Å²) in [5.41, 5.74) is 0.824. The minimum atomic E-state index is 0.233. The van der Waals surface area contributed by atoms with Crippen LogP contribution >= 0.6 is 0 Å². The normalized spacial score (nSPS) is 25.0. The van der Waals surface area contributed by atoms with Gasteiger partial charge in [-0.1, -0.05) is 30.3 Å². The molecule has 1 atom stereocenters. The van der Waals surface area contributed by atoms with Gasteiger partial charge in [-0.3, -0.25) is 9.69 Å². The molecular formula is C15H19NO2. The van der Waals surface area contributed by atoms with Crippen LogP contribution in [0.4, 0.5) is 0 Å². The average Bonchev–Trinajstić information content (AvgIpc) is 3.25. The predicted octanol–water partition coefficient (Wildman–Crippen LogP) is 1.98. The van der Waals surface area contributed by atoms with Crippen LogP contribution in [-0.2, 0) is 4.74 Å². The minimum Gasteiger partial charge on any atom is -0.373 e. The van der Waals surface area contributed by atoms with Gasteiger partial charge in [-0.15, -0.1) is 0 Å². The number of epoxide rings is 1. The number of hydrogen-bond donors (Lipinski definition) is 0. The van der Waals surface area contributed by atoms with Gasteiger partial charge in [0.25, 0.3) is 0 Å². The maximum absolute atomic E-state index is 12.1. The molecule has 0 aliphatic carbocycles. The molecule has 0 aromatic heterocycles. The summed E-state index contributed by atoms with van der Waals surface area (Å²) in [4.78, 5) is 14.3. The Kier molecular flexibility index (Phi) is 3.43. The number of benzene rings is 1. The third-order valence-electron chi connectivity index (χ3n) is 3.98. The molecule has 2 aliphatic heterocycles. The monoisotopic (exact) mass is 245 g/mol. The van der Waals surface area contributed by atoms with Gasteiger partial charge < -0.3 is 4.74 Å². The summed E-state index contributed by atoms with van der Waals surface area (Å²) in [6.45, 7) is 3.57. The molecule has 2 saturated heterocycles. The highest BCUT2D eigenvalue weighted by molar-refractivity contribution is 5.97. The molecule has 1 unspecified atom stereocenters. The maximum Gasteiger partial charge on any atom is 0.176 e. The number of hydrogen-bond acceptors (Lipinski definition) is 3. The summed E-state index contributed by atoms with van der Waals surface area (Å²) in [7, 11) is 0. The van der Waals surface area contributed by atoms with E-state index in [4.69, 9.17) is 4.74 Å². The van der Waals surface area contributed by atoms with Gasteiger partial charge in [0.05, 0.1) is 19.3 Å².